The summed E-state index contributed by atoms with van der Waals surface area (Å²) in [5, 5.41) is 9.81. The molecule has 1 fully saturated rings. The van der Waals surface area contributed by atoms with Crippen LogP contribution in [-0.4, -0.2) is 84.1 Å². The van der Waals surface area contributed by atoms with Gasteiger partial charge in [-0.1, -0.05) is 48.0 Å². The first-order valence-corrected chi connectivity index (χ1v) is 19.0. The van der Waals surface area contributed by atoms with Crippen molar-refractivity contribution in [3.63, 3.8) is 0 Å². The van der Waals surface area contributed by atoms with E-state index in [0.29, 0.717) is 46.1 Å². The lowest BCUT2D eigenvalue weighted by Gasteiger charge is -2.42. The van der Waals surface area contributed by atoms with E-state index in [4.69, 9.17) is 23.7 Å². The number of fused-ring (bicyclic) bond motifs is 1. The molecule has 3 aromatic carbocycles. The van der Waals surface area contributed by atoms with Gasteiger partial charge in [0, 0.05) is 45.4 Å². The third kappa shape index (κ3) is 9.63. The fraction of sp³-hybridized carbons (Fsp3) is 0.513. The Morgan fingerprint density at radius 1 is 1.04 bits per heavy atom. The summed E-state index contributed by atoms with van der Waals surface area (Å²) in [6.07, 6.45) is 1.02. The molecule has 1 saturated heterocycles. The molecule has 0 aliphatic carbocycles. The highest BCUT2D eigenvalue weighted by atomic mass is 32.2. The number of piperidine rings is 1. The van der Waals surface area contributed by atoms with Crippen LogP contribution in [-0.2, 0) is 42.2 Å². The molecule has 50 heavy (non-hydrogen) atoms. The van der Waals surface area contributed by atoms with Gasteiger partial charge in [-0.05, 0) is 74.6 Å². The van der Waals surface area contributed by atoms with Gasteiger partial charge in [0.15, 0.2) is 0 Å². The van der Waals surface area contributed by atoms with Crippen LogP contribution in [0.4, 0.5) is 5.69 Å². The second kappa shape index (κ2) is 18.1. The minimum absolute atomic E-state index is 0.0250. The van der Waals surface area contributed by atoms with Crippen LogP contribution in [0.3, 0.4) is 0 Å². The first kappa shape index (κ1) is 37.7. The number of hydrogen-bond donors (Lipinski definition) is 0. The summed E-state index contributed by atoms with van der Waals surface area (Å²) in [7, 11) is -2.17. The normalized spacial score (nSPS) is 20.1. The van der Waals surface area contributed by atoms with E-state index >= 15 is 0 Å². The Bertz CT molecular complexity index is 1660. The lowest BCUT2D eigenvalue weighted by molar-refractivity contribution is -0.0192. The molecule has 0 spiro atoms. The van der Waals surface area contributed by atoms with Crippen molar-refractivity contribution in [2.45, 2.75) is 82.3 Å². The van der Waals surface area contributed by atoms with Crippen LogP contribution < -0.4 is 9.64 Å². The lowest BCUT2D eigenvalue weighted by atomic mass is 9.83. The molecular formula is C39H51N3O7S. The van der Waals surface area contributed by atoms with Gasteiger partial charge in [-0.3, -0.25) is 0 Å². The molecule has 11 heteroatoms. The van der Waals surface area contributed by atoms with E-state index in [-0.39, 0.29) is 29.9 Å². The monoisotopic (exact) mass is 705 g/mol. The molecule has 10 nitrogen and oxygen atoms in total. The molecule has 270 valence electrons. The molecule has 0 unspecified atom stereocenters. The van der Waals surface area contributed by atoms with Gasteiger partial charge in [0.05, 0.1) is 61.6 Å². The fourth-order valence-electron chi connectivity index (χ4n) is 6.75. The van der Waals surface area contributed by atoms with Gasteiger partial charge in [-0.25, -0.2) is 8.42 Å². The summed E-state index contributed by atoms with van der Waals surface area (Å²) in [5.74, 6) is 0.719. The van der Waals surface area contributed by atoms with Gasteiger partial charge in [-0.2, -0.15) is 9.57 Å². The Kier molecular flexibility index (Phi) is 13.7. The zero-order valence-corrected chi connectivity index (χ0v) is 30.6. The zero-order valence-electron chi connectivity index (χ0n) is 29.8. The van der Waals surface area contributed by atoms with Crippen LogP contribution >= 0.6 is 0 Å². The minimum Gasteiger partial charge on any atom is -0.490 e. The highest BCUT2D eigenvalue weighted by Crippen LogP contribution is 2.39. The number of nitrogens with zero attached hydrogens (tertiary/aromatic N) is 3. The first-order chi connectivity index (χ1) is 24.2. The van der Waals surface area contributed by atoms with Crippen molar-refractivity contribution in [3.8, 4) is 11.8 Å². The zero-order chi connectivity index (χ0) is 35.5. The van der Waals surface area contributed by atoms with Crippen LogP contribution in [0, 0.1) is 18.3 Å². The summed E-state index contributed by atoms with van der Waals surface area (Å²) in [6, 6.07) is 23.0. The third-order valence-corrected chi connectivity index (χ3v) is 11.3. The molecule has 0 bridgehead atoms. The number of rotatable bonds is 17. The number of sulfonamides is 1. The number of nitriles is 1. The number of ether oxygens (including phenoxy) is 5. The molecule has 2 heterocycles. The number of aryl methyl sites for hydroxylation is 1. The molecule has 0 N–H and O–H groups in total. The third-order valence-electron chi connectivity index (χ3n) is 9.40. The topological polar surface area (TPSA) is 111 Å². The van der Waals surface area contributed by atoms with E-state index in [1.54, 1.807) is 31.4 Å². The van der Waals surface area contributed by atoms with E-state index < -0.39 is 22.2 Å². The van der Waals surface area contributed by atoms with Crippen LogP contribution in [0.15, 0.2) is 71.6 Å². The van der Waals surface area contributed by atoms with Gasteiger partial charge in [0.1, 0.15) is 12.4 Å². The number of anilines is 1. The Balaban J connectivity index is 1.39. The molecule has 3 aromatic rings. The van der Waals surface area contributed by atoms with Gasteiger partial charge in [0.25, 0.3) is 0 Å². The van der Waals surface area contributed by atoms with Gasteiger partial charge >= 0.3 is 0 Å². The van der Waals surface area contributed by atoms with Gasteiger partial charge < -0.3 is 28.6 Å². The van der Waals surface area contributed by atoms with Crippen molar-refractivity contribution in [3.05, 3.63) is 89.0 Å². The van der Waals surface area contributed by atoms with E-state index in [9.17, 15) is 13.7 Å². The molecule has 5 rings (SSSR count). The SMILES string of the molecule is CCO[C@H](C)COCc1ccc([C@H]2C[C@@H](CC#N)N(S(=O)(=O)c3ccc(C)cc3)C[C@@H]2OCc2ccc3c(c2)N(CCCOC)CCO3)cc1. The van der Waals surface area contributed by atoms with Gasteiger partial charge in [0.2, 0.25) is 10.0 Å². The minimum atomic E-state index is -3.89. The largest absolute Gasteiger partial charge is 0.490 e. The molecule has 2 aliphatic heterocycles. The summed E-state index contributed by atoms with van der Waals surface area (Å²) in [5.41, 5.74) is 5.06. The maximum atomic E-state index is 14.1. The molecule has 0 amide bonds. The Labute approximate surface area is 297 Å². The molecule has 0 aromatic heterocycles. The van der Waals surface area contributed by atoms with Crippen LogP contribution in [0.1, 0.15) is 61.3 Å². The van der Waals surface area contributed by atoms with E-state index in [0.717, 1.165) is 53.2 Å². The maximum absolute atomic E-state index is 14.1. The van der Waals surface area contributed by atoms with Crippen LogP contribution in [0.2, 0.25) is 0 Å². The predicted molar refractivity (Wildman–Crippen MR) is 193 cm³/mol. The smallest absolute Gasteiger partial charge is 0.243 e. The van der Waals surface area contributed by atoms with Crippen molar-refractivity contribution in [2.24, 2.45) is 0 Å². The average Bonchev–Trinajstić information content (AvgIpc) is 3.12. The quantitative estimate of drug-likeness (QED) is 0.151. The fourth-order valence-corrected chi connectivity index (χ4v) is 8.39. The number of benzene rings is 3. The average molecular weight is 706 g/mol. The van der Waals surface area contributed by atoms with E-state index in [1.807, 2.05) is 45.0 Å². The molecule has 0 saturated carbocycles. The second-order valence-electron chi connectivity index (χ2n) is 13.1. The maximum Gasteiger partial charge on any atom is 0.243 e. The highest BCUT2D eigenvalue weighted by molar-refractivity contribution is 7.89. The summed E-state index contributed by atoms with van der Waals surface area (Å²) < 4.78 is 59.1. The molecule has 4 atom stereocenters. The summed E-state index contributed by atoms with van der Waals surface area (Å²) in [6.45, 7) is 10.9. The molecule has 2 aliphatic rings. The first-order valence-electron chi connectivity index (χ1n) is 17.6. The van der Waals surface area contributed by atoms with Crippen molar-refractivity contribution >= 4 is 15.7 Å². The van der Waals surface area contributed by atoms with Crippen molar-refractivity contribution < 1.29 is 32.1 Å². The number of methoxy groups -OCH3 is 1. The van der Waals surface area contributed by atoms with Crippen molar-refractivity contribution in [2.75, 3.05) is 58.1 Å². The Morgan fingerprint density at radius 3 is 2.52 bits per heavy atom. The number of hydrogen-bond acceptors (Lipinski definition) is 9. The molecular weight excluding hydrogens is 655 g/mol. The summed E-state index contributed by atoms with van der Waals surface area (Å²) >= 11 is 0. The highest BCUT2D eigenvalue weighted by Gasteiger charge is 2.43. The lowest BCUT2D eigenvalue weighted by Crippen LogP contribution is -2.52. The molecule has 0 radical (unpaired) electrons. The standard InChI is InChI=1S/C39H51N3O7S/c1-5-47-30(3)26-46-27-31-9-12-33(13-10-31)36-24-34(17-18-40)42(50(43,44)35-14-7-29(2)8-15-35)25-39(36)49-28-32-11-16-38-37(23-32)41(20-22-48-38)19-6-21-45-4/h7-16,23,30,34,36,39H,5-6,17,19-22,24-28H2,1-4H3/t30-,34-,36-,39+/m1/s1. The second-order valence-corrected chi connectivity index (χ2v) is 15.0. The Hall–Kier alpha value is -3.50. The van der Waals surface area contributed by atoms with Crippen LogP contribution in [0.25, 0.3) is 0 Å². The van der Waals surface area contributed by atoms with Crippen molar-refractivity contribution in [1.82, 2.24) is 4.31 Å². The van der Waals surface area contributed by atoms with Crippen LogP contribution in [0.5, 0.6) is 5.75 Å². The van der Waals surface area contributed by atoms with E-state index in [1.165, 1.54) is 4.31 Å². The Morgan fingerprint density at radius 2 is 1.80 bits per heavy atom. The van der Waals surface area contributed by atoms with Gasteiger partial charge in [-0.15, -0.1) is 0 Å². The predicted octanol–water partition coefficient (Wildman–Crippen LogP) is 6.22. The van der Waals surface area contributed by atoms with Crippen molar-refractivity contribution in [1.29, 1.82) is 5.26 Å². The van der Waals surface area contributed by atoms with E-state index in [2.05, 4.69) is 29.2 Å². The summed E-state index contributed by atoms with van der Waals surface area (Å²) in [4.78, 5) is 2.53.